The molecule has 0 spiro atoms. The molecule has 0 aromatic carbocycles. The van der Waals surface area contributed by atoms with Gasteiger partial charge in [-0.1, -0.05) is 0 Å². The van der Waals surface area contributed by atoms with Gasteiger partial charge in [-0.25, -0.2) is 4.68 Å². The Balaban J connectivity index is 2.33. The fraction of sp³-hybridized carbons (Fsp3) is 0.857. The second-order valence-corrected chi connectivity index (χ2v) is 3.57. The van der Waals surface area contributed by atoms with E-state index in [1.165, 1.54) is 0 Å². The molecule has 1 aliphatic carbocycles. The number of nitrogens with one attached hydrogen (secondary N) is 1. The zero-order valence-corrected chi connectivity index (χ0v) is 8.04. The number of halogens is 3. The van der Waals surface area contributed by atoms with Crippen molar-refractivity contribution in [3.63, 3.8) is 0 Å². The van der Waals surface area contributed by atoms with Crippen molar-refractivity contribution in [1.29, 1.82) is 0 Å². The first-order chi connectivity index (χ1) is 7.01. The Morgan fingerprint density at radius 3 is 2.60 bits per heavy atom. The van der Waals surface area contributed by atoms with Crippen LogP contribution in [0.1, 0.15) is 18.7 Å². The lowest BCUT2D eigenvalue weighted by Gasteiger charge is -2.19. The minimum atomic E-state index is -4.29. The Bertz CT molecular complexity index is 354. The predicted molar refractivity (Wildman–Crippen MR) is 43.8 cm³/mol. The number of hydrogen-bond acceptors (Lipinski definition) is 4. The highest BCUT2D eigenvalue weighted by Gasteiger charge is 2.66. The normalized spacial score (nSPS) is 19.2. The summed E-state index contributed by atoms with van der Waals surface area (Å²) in [4.78, 5) is 0. The van der Waals surface area contributed by atoms with Gasteiger partial charge in [0.1, 0.15) is 0 Å². The molecule has 1 aromatic rings. The van der Waals surface area contributed by atoms with E-state index in [4.69, 9.17) is 0 Å². The summed E-state index contributed by atoms with van der Waals surface area (Å²) in [6.07, 6.45) is -4.18. The summed E-state index contributed by atoms with van der Waals surface area (Å²) in [7, 11) is 1.63. The Labute approximate surface area is 83.6 Å². The molecule has 2 rings (SSSR count). The van der Waals surface area contributed by atoms with E-state index in [-0.39, 0.29) is 25.2 Å². The van der Waals surface area contributed by atoms with Crippen LogP contribution in [0.4, 0.5) is 13.2 Å². The molecule has 0 saturated heterocycles. The van der Waals surface area contributed by atoms with E-state index in [2.05, 4.69) is 20.8 Å². The fourth-order valence-corrected chi connectivity index (χ4v) is 1.54. The van der Waals surface area contributed by atoms with Gasteiger partial charge >= 0.3 is 6.18 Å². The first kappa shape index (κ1) is 10.3. The van der Waals surface area contributed by atoms with Crippen LogP contribution in [0.5, 0.6) is 0 Å². The highest BCUT2D eigenvalue weighted by molar-refractivity contribution is 5.07. The third-order valence-electron chi connectivity index (χ3n) is 2.53. The molecule has 0 bridgehead atoms. The molecular formula is C7H10F3N5. The van der Waals surface area contributed by atoms with Crippen LogP contribution in [0.2, 0.25) is 0 Å². The summed E-state index contributed by atoms with van der Waals surface area (Å²) in [5.41, 5.74) is -1.86. The largest absolute Gasteiger partial charge is 0.413 e. The number of nitrogens with zero attached hydrogens (tertiary/aromatic N) is 4. The summed E-state index contributed by atoms with van der Waals surface area (Å²) in [6, 6.07) is 0. The van der Waals surface area contributed by atoms with Crippen molar-refractivity contribution in [2.24, 2.45) is 0 Å². The van der Waals surface area contributed by atoms with Gasteiger partial charge in [0, 0.05) is 0 Å². The third-order valence-corrected chi connectivity index (χ3v) is 2.53. The van der Waals surface area contributed by atoms with Gasteiger partial charge in [0.15, 0.2) is 11.4 Å². The van der Waals surface area contributed by atoms with E-state index in [0.717, 1.165) is 4.68 Å². The second-order valence-electron chi connectivity index (χ2n) is 3.57. The first-order valence-electron chi connectivity index (χ1n) is 4.50. The number of aromatic nitrogens is 4. The van der Waals surface area contributed by atoms with E-state index < -0.39 is 11.7 Å². The lowest BCUT2D eigenvalue weighted by molar-refractivity contribution is -0.183. The molecule has 1 N–H and O–H groups in total. The number of alkyl halides is 3. The number of hydrogen-bond donors (Lipinski definition) is 1. The van der Waals surface area contributed by atoms with E-state index >= 15 is 0 Å². The van der Waals surface area contributed by atoms with Crippen LogP contribution in [0.3, 0.4) is 0 Å². The van der Waals surface area contributed by atoms with Crippen molar-refractivity contribution >= 4 is 0 Å². The van der Waals surface area contributed by atoms with E-state index in [0.29, 0.717) is 0 Å². The Kier molecular flexibility index (Phi) is 2.18. The maximum Gasteiger partial charge on any atom is 0.413 e. The van der Waals surface area contributed by atoms with Gasteiger partial charge in [-0.15, -0.1) is 5.10 Å². The molecule has 15 heavy (non-hydrogen) atoms. The maximum absolute atomic E-state index is 12.7. The molecule has 1 saturated carbocycles. The average Bonchev–Trinajstić information content (AvgIpc) is 2.83. The van der Waals surface area contributed by atoms with Crippen LogP contribution in [0, 0.1) is 0 Å². The van der Waals surface area contributed by atoms with Gasteiger partial charge in [0.05, 0.1) is 6.54 Å². The van der Waals surface area contributed by atoms with Crippen molar-refractivity contribution < 1.29 is 13.2 Å². The molecule has 1 fully saturated rings. The van der Waals surface area contributed by atoms with Gasteiger partial charge in [0.2, 0.25) is 0 Å². The molecule has 1 heterocycles. The average molecular weight is 221 g/mol. The lowest BCUT2D eigenvalue weighted by atomic mass is 10.2. The van der Waals surface area contributed by atoms with Crippen LogP contribution in [-0.4, -0.2) is 33.4 Å². The Morgan fingerprint density at radius 2 is 2.13 bits per heavy atom. The van der Waals surface area contributed by atoms with Crippen LogP contribution >= 0.6 is 0 Å². The molecule has 1 aromatic heterocycles. The van der Waals surface area contributed by atoms with Gasteiger partial charge in [-0.05, 0) is 30.3 Å². The van der Waals surface area contributed by atoms with Crippen LogP contribution < -0.4 is 5.32 Å². The molecule has 0 unspecified atom stereocenters. The molecule has 1 aliphatic rings. The van der Waals surface area contributed by atoms with Crippen molar-refractivity contribution in [2.75, 3.05) is 7.05 Å². The summed E-state index contributed by atoms with van der Waals surface area (Å²) >= 11 is 0. The number of rotatable bonds is 3. The topological polar surface area (TPSA) is 55.6 Å². The fourth-order valence-electron chi connectivity index (χ4n) is 1.54. The van der Waals surface area contributed by atoms with Crippen molar-refractivity contribution in [3.05, 3.63) is 5.82 Å². The summed E-state index contributed by atoms with van der Waals surface area (Å²) in [5.74, 6) is 0.215. The summed E-state index contributed by atoms with van der Waals surface area (Å²) < 4.78 is 39.1. The predicted octanol–water partition coefficient (Wildman–Crippen LogP) is 0.444. The molecule has 0 amide bonds. The molecule has 5 nitrogen and oxygen atoms in total. The third kappa shape index (κ3) is 1.48. The molecule has 0 aliphatic heterocycles. The highest BCUT2D eigenvalue weighted by Crippen LogP contribution is 2.55. The number of tetrazole rings is 1. The maximum atomic E-state index is 12.7. The van der Waals surface area contributed by atoms with Crippen LogP contribution in [0.15, 0.2) is 0 Å². The molecule has 8 heteroatoms. The van der Waals surface area contributed by atoms with Gasteiger partial charge in [-0.2, -0.15) is 13.2 Å². The second kappa shape index (κ2) is 3.16. The SMILES string of the molecule is CNCc1nnnn1C1(C(F)(F)F)CC1. The zero-order chi connectivity index (χ0) is 11.1. The monoisotopic (exact) mass is 221 g/mol. The lowest BCUT2D eigenvalue weighted by Crippen LogP contribution is -2.37. The standard InChI is InChI=1S/C7H10F3N5/c1-11-4-5-12-13-14-15(5)6(2-3-6)7(8,9)10/h11H,2-4H2,1H3. The summed E-state index contributed by atoms with van der Waals surface area (Å²) in [6.45, 7) is 0.227. The molecule has 84 valence electrons. The minimum absolute atomic E-state index is 0.0538. The molecular weight excluding hydrogens is 211 g/mol. The Morgan fingerprint density at radius 1 is 1.47 bits per heavy atom. The van der Waals surface area contributed by atoms with Gasteiger partial charge < -0.3 is 5.32 Å². The Hall–Kier alpha value is -1.18. The van der Waals surface area contributed by atoms with E-state index in [9.17, 15) is 13.2 Å². The minimum Gasteiger partial charge on any atom is -0.313 e. The summed E-state index contributed by atoms with van der Waals surface area (Å²) in [5, 5.41) is 13.0. The quantitative estimate of drug-likeness (QED) is 0.804. The first-order valence-corrected chi connectivity index (χ1v) is 4.50. The van der Waals surface area contributed by atoms with E-state index in [1.54, 1.807) is 7.05 Å². The van der Waals surface area contributed by atoms with Crippen molar-refractivity contribution in [3.8, 4) is 0 Å². The smallest absolute Gasteiger partial charge is 0.313 e. The molecule has 0 atom stereocenters. The van der Waals surface area contributed by atoms with Crippen LogP contribution in [0.25, 0.3) is 0 Å². The van der Waals surface area contributed by atoms with Crippen LogP contribution in [-0.2, 0) is 12.1 Å². The van der Waals surface area contributed by atoms with Crippen molar-refractivity contribution in [1.82, 2.24) is 25.5 Å². The molecule has 0 radical (unpaired) electrons. The zero-order valence-electron chi connectivity index (χ0n) is 8.04. The highest BCUT2D eigenvalue weighted by atomic mass is 19.4. The van der Waals surface area contributed by atoms with Crippen molar-refractivity contribution in [2.45, 2.75) is 31.1 Å². The van der Waals surface area contributed by atoms with E-state index in [1.807, 2.05) is 0 Å². The van der Waals surface area contributed by atoms with Gasteiger partial charge in [0.25, 0.3) is 0 Å². The van der Waals surface area contributed by atoms with Gasteiger partial charge in [-0.3, -0.25) is 0 Å².